The van der Waals surface area contributed by atoms with Crippen LogP contribution in [0.3, 0.4) is 0 Å². The number of hydrogen-bond donors (Lipinski definition) is 0. The smallest absolute Gasteiger partial charge is 0.143 e. The topological polar surface area (TPSA) is 17.8 Å². The van der Waals surface area contributed by atoms with Gasteiger partial charge < -0.3 is 4.57 Å². The Balaban J connectivity index is 1.98. The van der Waals surface area contributed by atoms with E-state index in [4.69, 9.17) is 28.2 Å². The number of nitrogens with zero attached hydrogens (tertiary/aromatic N) is 2. The van der Waals surface area contributed by atoms with Gasteiger partial charge >= 0.3 is 0 Å². The molecule has 0 N–H and O–H groups in total. The molecule has 1 heterocycles. The summed E-state index contributed by atoms with van der Waals surface area (Å²) in [7, 11) is 0. The summed E-state index contributed by atoms with van der Waals surface area (Å²) in [4.78, 5) is 4.86. The van der Waals surface area contributed by atoms with Crippen LogP contribution in [0.5, 0.6) is 0 Å². The first-order chi connectivity index (χ1) is 12.1. The SMILES string of the molecule is CC(c1ccccc1)n1c(-c2ccc(Cl)cc2Cl)nc2ccccc21. The minimum absolute atomic E-state index is 0.121. The fourth-order valence-corrected chi connectivity index (χ4v) is 3.67. The summed E-state index contributed by atoms with van der Waals surface area (Å²) in [6.45, 7) is 2.18. The molecule has 1 aromatic heterocycles. The molecule has 3 aromatic carbocycles. The van der Waals surface area contributed by atoms with Gasteiger partial charge in [0.15, 0.2) is 0 Å². The molecule has 0 saturated carbocycles. The highest BCUT2D eigenvalue weighted by Gasteiger charge is 2.20. The van der Waals surface area contributed by atoms with Crippen LogP contribution in [0.4, 0.5) is 0 Å². The van der Waals surface area contributed by atoms with Crippen molar-refractivity contribution in [2.75, 3.05) is 0 Å². The van der Waals surface area contributed by atoms with Crippen molar-refractivity contribution in [2.45, 2.75) is 13.0 Å². The lowest BCUT2D eigenvalue weighted by atomic mass is 10.1. The van der Waals surface area contributed by atoms with Crippen LogP contribution in [0.25, 0.3) is 22.4 Å². The molecular weight excluding hydrogens is 351 g/mol. The van der Waals surface area contributed by atoms with Gasteiger partial charge in [-0.3, -0.25) is 0 Å². The molecule has 1 unspecified atom stereocenters. The van der Waals surface area contributed by atoms with Crippen molar-refractivity contribution in [3.05, 3.63) is 88.4 Å². The highest BCUT2D eigenvalue weighted by molar-refractivity contribution is 6.36. The molecule has 4 rings (SSSR count). The summed E-state index contributed by atoms with van der Waals surface area (Å²) >= 11 is 12.5. The van der Waals surface area contributed by atoms with Crippen molar-refractivity contribution >= 4 is 34.2 Å². The van der Waals surface area contributed by atoms with E-state index < -0.39 is 0 Å². The summed E-state index contributed by atoms with van der Waals surface area (Å²) in [5, 5.41) is 1.22. The Morgan fingerprint density at radius 2 is 1.60 bits per heavy atom. The molecule has 0 saturated heterocycles. The summed E-state index contributed by atoms with van der Waals surface area (Å²) in [5.74, 6) is 0.846. The van der Waals surface area contributed by atoms with Crippen LogP contribution in [-0.2, 0) is 0 Å². The van der Waals surface area contributed by atoms with Crippen LogP contribution in [0.1, 0.15) is 18.5 Å². The molecule has 0 aliphatic rings. The first-order valence-corrected chi connectivity index (χ1v) is 8.88. The van der Waals surface area contributed by atoms with Crippen molar-refractivity contribution in [3.8, 4) is 11.4 Å². The van der Waals surface area contributed by atoms with Crippen molar-refractivity contribution < 1.29 is 0 Å². The quantitative estimate of drug-likeness (QED) is 0.398. The lowest BCUT2D eigenvalue weighted by molar-refractivity contribution is 0.665. The molecule has 1 atom stereocenters. The zero-order valence-corrected chi connectivity index (χ0v) is 15.2. The van der Waals surface area contributed by atoms with Crippen LogP contribution >= 0.6 is 23.2 Å². The number of rotatable bonds is 3. The van der Waals surface area contributed by atoms with Crippen molar-refractivity contribution in [1.82, 2.24) is 9.55 Å². The molecule has 124 valence electrons. The largest absolute Gasteiger partial charge is 0.317 e. The second-order valence-corrected chi connectivity index (χ2v) is 6.85. The van der Waals surface area contributed by atoms with Gasteiger partial charge in [0.2, 0.25) is 0 Å². The summed E-state index contributed by atoms with van der Waals surface area (Å²) in [6, 6.07) is 24.2. The van der Waals surface area contributed by atoms with Crippen molar-refractivity contribution in [3.63, 3.8) is 0 Å². The minimum Gasteiger partial charge on any atom is -0.317 e. The summed E-state index contributed by atoms with van der Waals surface area (Å²) in [6.07, 6.45) is 0. The van der Waals surface area contributed by atoms with Gasteiger partial charge in [0, 0.05) is 10.6 Å². The van der Waals surface area contributed by atoms with E-state index in [2.05, 4.69) is 41.8 Å². The van der Waals surface area contributed by atoms with Crippen LogP contribution < -0.4 is 0 Å². The molecule has 0 fully saturated rings. The first-order valence-electron chi connectivity index (χ1n) is 8.12. The molecule has 0 radical (unpaired) electrons. The van der Waals surface area contributed by atoms with Gasteiger partial charge in [0.05, 0.1) is 22.1 Å². The lowest BCUT2D eigenvalue weighted by Crippen LogP contribution is -2.08. The average molecular weight is 367 g/mol. The number of imidazole rings is 1. The molecular formula is C21H16Cl2N2. The molecule has 25 heavy (non-hydrogen) atoms. The Morgan fingerprint density at radius 1 is 0.880 bits per heavy atom. The van der Waals surface area contributed by atoms with E-state index in [9.17, 15) is 0 Å². The lowest BCUT2D eigenvalue weighted by Gasteiger charge is -2.19. The maximum absolute atomic E-state index is 6.48. The van der Waals surface area contributed by atoms with E-state index in [0.29, 0.717) is 10.0 Å². The van der Waals surface area contributed by atoms with Gasteiger partial charge in [-0.2, -0.15) is 0 Å². The zero-order chi connectivity index (χ0) is 17.4. The second-order valence-electron chi connectivity index (χ2n) is 6.00. The highest BCUT2D eigenvalue weighted by atomic mass is 35.5. The standard InChI is InChI=1S/C21H16Cl2N2/c1-14(15-7-3-2-4-8-15)25-20-10-6-5-9-19(20)24-21(25)17-12-11-16(22)13-18(17)23/h2-14H,1H3. The summed E-state index contributed by atoms with van der Waals surface area (Å²) < 4.78 is 2.24. The number of benzene rings is 3. The van der Waals surface area contributed by atoms with E-state index in [-0.39, 0.29) is 6.04 Å². The predicted octanol–water partition coefficient (Wildman–Crippen LogP) is 6.62. The van der Waals surface area contributed by atoms with Crippen LogP contribution in [-0.4, -0.2) is 9.55 Å². The monoisotopic (exact) mass is 366 g/mol. The first kappa shape index (κ1) is 16.2. The third-order valence-electron chi connectivity index (χ3n) is 4.44. The molecule has 2 nitrogen and oxygen atoms in total. The van der Waals surface area contributed by atoms with E-state index in [0.717, 1.165) is 22.4 Å². The maximum atomic E-state index is 6.48. The van der Waals surface area contributed by atoms with E-state index in [1.54, 1.807) is 6.07 Å². The Hall–Kier alpha value is -2.29. The fraction of sp³-hybridized carbons (Fsp3) is 0.0952. The van der Waals surface area contributed by atoms with Gasteiger partial charge in [0.1, 0.15) is 5.82 Å². The number of para-hydroxylation sites is 2. The fourth-order valence-electron chi connectivity index (χ4n) is 3.18. The van der Waals surface area contributed by atoms with E-state index >= 15 is 0 Å². The predicted molar refractivity (Wildman–Crippen MR) is 105 cm³/mol. The Morgan fingerprint density at radius 3 is 2.36 bits per heavy atom. The zero-order valence-electron chi connectivity index (χ0n) is 13.7. The maximum Gasteiger partial charge on any atom is 0.143 e. The highest BCUT2D eigenvalue weighted by Crippen LogP contribution is 2.35. The molecule has 0 bridgehead atoms. The molecule has 0 spiro atoms. The van der Waals surface area contributed by atoms with Gasteiger partial charge in [-0.15, -0.1) is 0 Å². The van der Waals surface area contributed by atoms with Gasteiger partial charge in [-0.05, 0) is 42.8 Å². The molecule has 4 aromatic rings. The van der Waals surface area contributed by atoms with Crippen molar-refractivity contribution in [1.29, 1.82) is 0 Å². The normalized spacial score (nSPS) is 12.4. The van der Waals surface area contributed by atoms with E-state index in [1.807, 2.05) is 36.4 Å². The Bertz CT molecular complexity index is 1040. The third kappa shape index (κ3) is 2.92. The molecule has 0 amide bonds. The minimum atomic E-state index is 0.121. The van der Waals surface area contributed by atoms with Crippen molar-refractivity contribution in [2.24, 2.45) is 0 Å². The van der Waals surface area contributed by atoms with Crippen LogP contribution in [0, 0.1) is 0 Å². The third-order valence-corrected chi connectivity index (χ3v) is 4.98. The Labute approximate surface area is 156 Å². The average Bonchev–Trinajstić information content (AvgIpc) is 3.01. The van der Waals surface area contributed by atoms with E-state index in [1.165, 1.54) is 5.56 Å². The van der Waals surface area contributed by atoms with Gasteiger partial charge in [-0.1, -0.05) is 65.7 Å². The molecule has 4 heteroatoms. The number of hydrogen-bond acceptors (Lipinski definition) is 1. The number of fused-ring (bicyclic) bond motifs is 1. The van der Waals surface area contributed by atoms with Crippen LogP contribution in [0.15, 0.2) is 72.8 Å². The number of aromatic nitrogens is 2. The Kier molecular flexibility index (Phi) is 4.24. The molecule has 0 aliphatic heterocycles. The van der Waals surface area contributed by atoms with Crippen LogP contribution in [0.2, 0.25) is 10.0 Å². The van der Waals surface area contributed by atoms with Gasteiger partial charge in [0.25, 0.3) is 0 Å². The van der Waals surface area contributed by atoms with Gasteiger partial charge in [-0.25, -0.2) is 4.98 Å². The second kappa shape index (κ2) is 6.55. The molecule has 0 aliphatic carbocycles. The summed E-state index contributed by atoms with van der Waals surface area (Å²) in [5.41, 5.74) is 4.13. The number of halogens is 2.